The van der Waals surface area contributed by atoms with Crippen LogP contribution in [0.3, 0.4) is 0 Å². The van der Waals surface area contributed by atoms with E-state index in [2.05, 4.69) is 15.5 Å². The summed E-state index contributed by atoms with van der Waals surface area (Å²) in [6.45, 7) is 2.10. The van der Waals surface area contributed by atoms with Crippen LogP contribution in [0.2, 0.25) is 0 Å². The predicted octanol–water partition coefficient (Wildman–Crippen LogP) is 3.55. The van der Waals surface area contributed by atoms with Crippen molar-refractivity contribution in [2.75, 3.05) is 5.43 Å². The Kier molecular flexibility index (Phi) is 5.46. The molecule has 0 atom stereocenters. The molecule has 6 nitrogen and oxygen atoms in total. The van der Waals surface area contributed by atoms with Gasteiger partial charge >= 0.3 is 0 Å². The van der Waals surface area contributed by atoms with E-state index in [-0.39, 0.29) is 28.6 Å². The maximum atomic E-state index is 13.1. The smallest absolute Gasteiger partial charge is 0.264 e. The molecule has 3 N–H and O–H groups in total. The molecule has 0 aliphatic heterocycles. The maximum Gasteiger partial charge on any atom is 0.264 e. The van der Waals surface area contributed by atoms with Gasteiger partial charge in [0.05, 0.1) is 18.4 Å². The number of hydrogen-bond acceptors (Lipinski definition) is 5. The number of aromatic hydroxyl groups is 1. The van der Waals surface area contributed by atoms with Crippen LogP contribution >= 0.6 is 12.2 Å². The summed E-state index contributed by atoms with van der Waals surface area (Å²) in [4.78, 5) is 14.7. The van der Waals surface area contributed by atoms with Crippen LogP contribution in [0.15, 0.2) is 58.4 Å². The first-order valence-electron chi connectivity index (χ1n) is 8.11. The first kappa shape index (κ1) is 18.5. The Labute approximate surface area is 159 Å². The highest BCUT2D eigenvalue weighted by Gasteiger charge is 2.11. The zero-order chi connectivity index (χ0) is 19.4. The lowest BCUT2D eigenvalue weighted by atomic mass is 10.2. The average molecular weight is 384 g/mol. The quantitative estimate of drug-likeness (QED) is 0.357. The predicted molar refractivity (Wildman–Crippen MR) is 105 cm³/mol. The maximum absolute atomic E-state index is 13.1. The fourth-order valence-corrected chi connectivity index (χ4v) is 2.72. The molecule has 8 heteroatoms. The molecule has 0 saturated carbocycles. The van der Waals surface area contributed by atoms with Crippen LogP contribution in [-0.4, -0.2) is 20.9 Å². The average Bonchev–Trinajstić information content (AvgIpc) is 2.64. The topological polar surface area (TPSA) is 82.4 Å². The Morgan fingerprint density at radius 2 is 1.96 bits per heavy atom. The molecule has 3 aromatic rings. The van der Waals surface area contributed by atoms with Crippen LogP contribution < -0.4 is 11.0 Å². The molecule has 0 aliphatic rings. The van der Waals surface area contributed by atoms with Crippen LogP contribution in [0, 0.1) is 17.5 Å². The van der Waals surface area contributed by atoms with Gasteiger partial charge < -0.3 is 5.11 Å². The van der Waals surface area contributed by atoms with Crippen molar-refractivity contribution >= 4 is 24.1 Å². The summed E-state index contributed by atoms with van der Waals surface area (Å²) in [5, 5.41) is 14.5. The third kappa shape index (κ3) is 4.29. The lowest BCUT2D eigenvalue weighted by Crippen LogP contribution is -2.19. The molecule has 138 valence electrons. The Bertz CT molecular complexity index is 1100. The Morgan fingerprint density at radius 1 is 1.26 bits per heavy atom. The molecule has 0 bridgehead atoms. The van der Waals surface area contributed by atoms with E-state index in [1.807, 2.05) is 31.2 Å². The van der Waals surface area contributed by atoms with Gasteiger partial charge in [0.15, 0.2) is 4.77 Å². The van der Waals surface area contributed by atoms with E-state index in [0.717, 1.165) is 16.8 Å². The summed E-state index contributed by atoms with van der Waals surface area (Å²) in [5.74, 6) is -0.674. The fourth-order valence-electron chi connectivity index (χ4n) is 2.48. The molecule has 3 rings (SSSR count). The third-order valence-corrected chi connectivity index (χ3v) is 4.31. The minimum atomic E-state index is -0.553. The van der Waals surface area contributed by atoms with Gasteiger partial charge in [-0.05, 0) is 48.5 Å². The first-order chi connectivity index (χ1) is 13.0. The van der Waals surface area contributed by atoms with Gasteiger partial charge in [0.25, 0.3) is 5.56 Å². The number of anilines is 1. The first-order valence-corrected chi connectivity index (χ1v) is 8.52. The number of halogens is 1. The summed E-state index contributed by atoms with van der Waals surface area (Å²) in [6.07, 6.45) is 1.23. The Hall–Kier alpha value is -3.26. The number of H-pyrrole nitrogens is 1. The van der Waals surface area contributed by atoms with Gasteiger partial charge in [-0.2, -0.15) is 5.10 Å². The summed E-state index contributed by atoms with van der Waals surface area (Å²) < 4.78 is 14.5. The van der Waals surface area contributed by atoms with E-state index < -0.39 is 5.56 Å². The SMILES string of the molecule is Cc1ccccc1N/N=C/c1c(O)n(Cc2ccc(F)cc2)c(=S)[nH]c1=O. The van der Waals surface area contributed by atoms with E-state index >= 15 is 0 Å². The number of para-hydroxylation sites is 1. The number of benzene rings is 2. The molecular weight excluding hydrogens is 367 g/mol. The lowest BCUT2D eigenvalue weighted by molar-refractivity contribution is 0.411. The molecule has 0 spiro atoms. The second-order valence-electron chi connectivity index (χ2n) is 5.89. The third-order valence-electron chi connectivity index (χ3n) is 3.98. The molecule has 1 aromatic heterocycles. The van der Waals surface area contributed by atoms with E-state index in [1.54, 1.807) is 12.1 Å². The largest absolute Gasteiger partial charge is 0.494 e. The molecule has 0 unspecified atom stereocenters. The number of aromatic amines is 1. The molecule has 2 aromatic carbocycles. The van der Waals surface area contributed by atoms with Gasteiger partial charge in [-0.1, -0.05) is 30.3 Å². The molecule has 0 fully saturated rings. The minimum Gasteiger partial charge on any atom is -0.494 e. The van der Waals surface area contributed by atoms with Gasteiger partial charge in [0.2, 0.25) is 5.88 Å². The van der Waals surface area contributed by atoms with Gasteiger partial charge in [-0.25, -0.2) is 4.39 Å². The number of aryl methyl sites for hydroxylation is 1. The Balaban J connectivity index is 1.90. The van der Waals surface area contributed by atoms with Crippen molar-refractivity contribution in [2.45, 2.75) is 13.5 Å². The van der Waals surface area contributed by atoms with Crippen LogP contribution in [0.5, 0.6) is 5.88 Å². The fraction of sp³-hybridized carbons (Fsp3) is 0.105. The highest BCUT2D eigenvalue weighted by molar-refractivity contribution is 7.71. The summed E-state index contributed by atoms with van der Waals surface area (Å²) >= 11 is 5.13. The summed E-state index contributed by atoms with van der Waals surface area (Å²) in [6, 6.07) is 13.3. The highest BCUT2D eigenvalue weighted by Crippen LogP contribution is 2.16. The summed E-state index contributed by atoms with van der Waals surface area (Å²) in [7, 11) is 0. The standard InChI is InChI=1S/C19H17FN4O2S/c1-12-4-2-3-5-16(12)23-21-10-15-17(25)22-19(27)24(18(15)26)11-13-6-8-14(20)9-7-13/h2-10,23,26H,11H2,1H3,(H,22,25,27)/b21-10+. The molecule has 0 saturated heterocycles. The normalized spacial score (nSPS) is 11.0. The minimum absolute atomic E-state index is 0.0354. The van der Waals surface area contributed by atoms with E-state index in [9.17, 15) is 14.3 Å². The van der Waals surface area contributed by atoms with Crippen molar-refractivity contribution in [3.8, 4) is 5.88 Å². The van der Waals surface area contributed by atoms with Crippen molar-refractivity contribution in [2.24, 2.45) is 5.10 Å². The van der Waals surface area contributed by atoms with Crippen LogP contribution in [0.1, 0.15) is 16.7 Å². The molecular formula is C19H17FN4O2S. The van der Waals surface area contributed by atoms with Gasteiger partial charge in [0.1, 0.15) is 11.4 Å². The van der Waals surface area contributed by atoms with Crippen molar-refractivity contribution in [3.05, 3.63) is 86.2 Å². The number of hydrazone groups is 1. The van der Waals surface area contributed by atoms with E-state index in [4.69, 9.17) is 12.2 Å². The summed E-state index contributed by atoms with van der Waals surface area (Å²) in [5.41, 5.74) is 4.73. The van der Waals surface area contributed by atoms with Crippen molar-refractivity contribution < 1.29 is 9.50 Å². The van der Waals surface area contributed by atoms with Crippen LogP contribution in [0.25, 0.3) is 0 Å². The zero-order valence-corrected chi connectivity index (χ0v) is 15.3. The number of aromatic nitrogens is 2. The molecule has 0 radical (unpaired) electrons. The van der Waals surface area contributed by atoms with Crippen LogP contribution in [-0.2, 0) is 6.54 Å². The zero-order valence-electron chi connectivity index (χ0n) is 14.4. The number of nitrogens with zero attached hydrogens (tertiary/aromatic N) is 2. The van der Waals surface area contributed by atoms with Gasteiger partial charge in [-0.15, -0.1) is 0 Å². The van der Waals surface area contributed by atoms with Gasteiger partial charge in [0, 0.05) is 0 Å². The van der Waals surface area contributed by atoms with Crippen molar-refractivity contribution in [1.82, 2.24) is 9.55 Å². The lowest BCUT2D eigenvalue weighted by Gasteiger charge is -2.11. The molecule has 27 heavy (non-hydrogen) atoms. The second kappa shape index (κ2) is 7.96. The van der Waals surface area contributed by atoms with E-state index in [1.165, 1.54) is 22.9 Å². The number of hydrogen-bond donors (Lipinski definition) is 3. The van der Waals surface area contributed by atoms with Crippen LogP contribution in [0.4, 0.5) is 10.1 Å². The molecule has 1 heterocycles. The molecule has 0 aliphatic carbocycles. The second-order valence-corrected chi connectivity index (χ2v) is 6.28. The van der Waals surface area contributed by atoms with Crippen molar-refractivity contribution in [3.63, 3.8) is 0 Å². The van der Waals surface area contributed by atoms with E-state index in [0.29, 0.717) is 0 Å². The number of nitrogens with one attached hydrogen (secondary N) is 2. The molecule has 0 amide bonds. The van der Waals surface area contributed by atoms with Crippen molar-refractivity contribution in [1.29, 1.82) is 0 Å². The van der Waals surface area contributed by atoms with Gasteiger partial charge in [-0.3, -0.25) is 19.8 Å². The monoisotopic (exact) mass is 384 g/mol. The highest BCUT2D eigenvalue weighted by atomic mass is 32.1. The Morgan fingerprint density at radius 3 is 2.67 bits per heavy atom. The number of rotatable bonds is 5.